The second kappa shape index (κ2) is 5.82. The van der Waals surface area contributed by atoms with E-state index in [0.717, 1.165) is 5.56 Å². The van der Waals surface area contributed by atoms with Gasteiger partial charge in [-0.2, -0.15) is 5.10 Å². The second-order valence-corrected chi connectivity index (χ2v) is 8.99. The maximum Gasteiger partial charge on any atom is 0.240 e. The van der Waals surface area contributed by atoms with E-state index in [1.165, 1.54) is 23.2 Å². The summed E-state index contributed by atoms with van der Waals surface area (Å²) in [5.74, 6) is 0. The Kier molecular flexibility index (Phi) is 4.41. The van der Waals surface area contributed by atoms with Crippen LogP contribution in [0, 0.1) is 11.7 Å². The summed E-state index contributed by atoms with van der Waals surface area (Å²) in [6.07, 6.45) is 2.76. The molecular formula is C13H18N4O3S2. The molecule has 22 heavy (non-hydrogen) atoms. The van der Waals surface area contributed by atoms with E-state index in [1.807, 2.05) is 13.0 Å². The summed E-state index contributed by atoms with van der Waals surface area (Å²) in [4.78, 5) is 0.398. The van der Waals surface area contributed by atoms with Crippen LogP contribution in [0.3, 0.4) is 0 Å². The first kappa shape index (κ1) is 16.7. The Morgan fingerprint density at radius 1 is 1.32 bits per heavy atom. The lowest BCUT2D eigenvalue weighted by molar-refractivity contribution is 0.578. The van der Waals surface area contributed by atoms with Crippen molar-refractivity contribution in [3.05, 3.63) is 41.7 Å². The number of aryl methyl sites for hydroxylation is 2. The zero-order chi connectivity index (χ0) is 16.5. The van der Waals surface area contributed by atoms with E-state index < -0.39 is 19.8 Å². The van der Waals surface area contributed by atoms with E-state index >= 15 is 0 Å². The fraction of sp³-hybridized carbons (Fsp3) is 0.308. The lowest BCUT2D eigenvalue weighted by atomic mass is 10.2. The van der Waals surface area contributed by atoms with E-state index in [4.69, 9.17) is 4.78 Å². The van der Waals surface area contributed by atoms with E-state index in [9.17, 15) is 12.6 Å². The van der Waals surface area contributed by atoms with Crippen molar-refractivity contribution in [1.82, 2.24) is 14.5 Å². The first-order valence-corrected chi connectivity index (χ1v) is 9.87. The van der Waals surface area contributed by atoms with Crippen LogP contribution in [0.5, 0.6) is 0 Å². The summed E-state index contributed by atoms with van der Waals surface area (Å²) >= 11 is 0. The largest absolute Gasteiger partial charge is 0.274 e. The van der Waals surface area contributed by atoms with Crippen molar-refractivity contribution < 1.29 is 12.6 Å². The molecule has 1 unspecified atom stereocenters. The highest BCUT2D eigenvalue weighted by atomic mass is 32.2. The number of benzene rings is 1. The zero-order valence-corrected chi connectivity index (χ0v) is 14.2. The van der Waals surface area contributed by atoms with Crippen LogP contribution < -0.4 is 4.72 Å². The number of sulfonamides is 1. The maximum absolute atomic E-state index is 12.3. The summed E-state index contributed by atoms with van der Waals surface area (Å²) in [7, 11) is -5.02. The van der Waals surface area contributed by atoms with Crippen LogP contribution in [0.15, 0.2) is 40.3 Å². The molecule has 0 saturated heterocycles. The molecule has 0 fully saturated rings. The number of hydrogen-bond donors (Lipinski definition) is 2. The van der Waals surface area contributed by atoms with Gasteiger partial charge in [0.25, 0.3) is 0 Å². The molecule has 9 heteroatoms. The fourth-order valence-corrected chi connectivity index (χ4v) is 4.00. The smallest absolute Gasteiger partial charge is 0.240 e. The summed E-state index contributed by atoms with van der Waals surface area (Å²) in [6.45, 7) is 1.69. The molecule has 0 aliphatic carbocycles. The molecule has 2 rings (SSSR count). The molecular weight excluding hydrogens is 324 g/mol. The summed E-state index contributed by atoms with van der Waals surface area (Å²) in [5, 5.41) is 4.08. The Morgan fingerprint density at radius 2 is 2.00 bits per heavy atom. The Balaban J connectivity index is 2.27. The normalized spacial score (nSPS) is 14.7. The molecule has 1 aromatic carbocycles. The van der Waals surface area contributed by atoms with Crippen LogP contribution in [-0.2, 0) is 33.3 Å². The fourth-order valence-electron chi connectivity index (χ4n) is 1.99. The molecule has 1 atom stereocenters. The third-order valence-electron chi connectivity index (χ3n) is 3.02. The molecule has 7 nitrogen and oxygen atoms in total. The van der Waals surface area contributed by atoms with Crippen LogP contribution in [0.25, 0.3) is 0 Å². The number of rotatable bonds is 5. The molecule has 0 radical (unpaired) electrons. The van der Waals surface area contributed by atoms with E-state index in [1.54, 1.807) is 19.2 Å². The van der Waals surface area contributed by atoms with Crippen molar-refractivity contribution in [1.29, 1.82) is 4.78 Å². The Bertz CT molecular complexity index is 899. The highest BCUT2D eigenvalue weighted by molar-refractivity contribution is 7.91. The first-order valence-electron chi connectivity index (χ1n) is 6.42. The van der Waals surface area contributed by atoms with Gasteiger partial charge in [0.2, 0.25) is 10.0 Å². The van der Waals surface area contributed by atoms with Gasteiger partial charge >= 0.3 is 0 Å². The van der Waals surface area contributed by atoms with Gasteiger partial charge in [-0.25, -0.2) is 22.1 Å². The minimum Gasteiger partial charge on any atom is -0.274 e. The molecule has 0 aliphatic rings. The van der Waals surface area contributed by atoms with Crippen molar-refractivity contribution in [2.45, 2.75) is 23.3 Å². The minimum absolute atomic E-state index is 0.115. The van der Waals surface area contributed by atoms with Crippen LogP contribution in [-0.4, -0.2) is 28.7 Å². The quantitative estimate of drug-likeness (QED) is 0.853. The van der Waals surface area contributed by atoms with Crippen molar-refractivity contribution in [2.75, 3.05) is 6.26 Å². The van der Waals surface area contributed by atoms with E-state index in [0.29, 0.717) is 5.69 Å². The maximum atomic E-state index is 12.3. The highest BCUT2D eigenvalue weighted by Crippen LogP contribution is 2.16. The van der Waals surface area contributed by atoms with Gasteiger partial charge in [-0.15, -0.1) is 0 Å². The van der Waals surface area contributed by atoms with Gasteiger partial charge in [0.05, 0.1) is 31.8 Å². The van der Waals surface area contributed by atoms with Gasteiger partial charge < -0.3 is 0 Å². The molecule has 0 amide bonds. The van der Waals surface area contributed by atoms with Crippen molar-refractivity contribution in [3.63, 3.8) is 0 Å². The number of aromatic nitrogens is 2. The topological polar surface area (TPSA) is 105 Å². The average molecular weight is 342 g/mol. The number of nitrogens with zero attached hydrogens (tertiary/aromatic N) is 2. The molecule has 0 saturated carbocycles. The van der Waals surface area contributed by atoms with E-state index in [-0.39, 0.29) is 16.3 Å². The second-order valence-electron chi connectivity index (χ2n) is 5.10. The predicted molar refractivity (Wildman–Crippen MR) is 83.5 cm³/mol. The highest BCUT2D eigenvalue weighted by Gasteiger charge is 2.19. The average Bonchev–Trinajstić information content (AvgIpc) is 2.78. The van der Waals surface area contributed by atoms with Gasteiger partial charge in [0.15, 0.2) is 0 Å². The predicted octanol–water partition coefficient (Wildman–Crippen LogP) is 1.24. The first-order chi connectivity index (χ1) is 10.1. The van der Waals surface area contributed by atoms with Gasteiger partial charge in [-0.1, -0.05) is 12.1 Å². The molecule has 0 aliphatic heterocycles. The SMILES string of the molecule is Cc1cccc(S(=O)(=O)NCc2nn(C)cc2S(C)(=N)=O)c1. The van der Waals surface area contributed by atoms with Gasteiger partial charge in [0.1, 0.15) is 0 Å². The monoisotopic (exact) mass is 342 g/mol. The molecule has 1 aromatic heterocycles. The summed E-state index contributed by atoms with van der Waals surface area (Å²) < 4.78 is 47.9. The molecule has 0 bridgehead atoms. The van der Waals surface area contributed by atoms with Crippen LogP contribution in [0.2, 0.25) is 0 Å². The minimum atomic E-state index is -3.69. The van der Waals surface area contributed by atoms with Crippen molar-refractivity contribution in [3.8, 4) is 0 Å². The number of hydrogen-bond acceptors (Lipinski definition) is 5. The van der Waals surface area contributed by atoms with Gasteiger partial charge in [-0.05, 0) is 24.6 Å². The zero-order valence-electron chi connectivity index (χ0n) is 12.5. The summed E-state index contributed by atoms with van der Waals surface area (Å²) in [5.41, 5.74) is 1.13. The van der Waals surface area contributed by atoms with Gasteiger partial charge in [0, 0.05) is 19.5 Å². The Labute approximate surface area is 130 Å². The Hall–Kier alpha value is -1.71. The van der Waals surface area contributed by atoms with Crippen molar-refractivity contribution in [2.24, 2.45) is 7.05 Å². The molecule has 1 heterocycles. The molecule has 120 valence electrons. The van der Waals surface area contributed by atoms with Gasteiger partial charge in [-0.3, -0.25) is 4.68 Å². The third kappa shape index (κ3) is 3.73. The van der Waals surface area contributed by atoms with Crippen molar-refractivity contribution >= 4 is 19.8 Å². The number of nitrogens with one attached hydrogen (secondary N) is 2. The van der Waals surface area contributed by atoms with Crippen LogP contribution in [0.1, 0.15) is 11.3 Å². The summed E-state index contributed by atoms with van der Waals surface area (Å²) in [6, 6.07) is 6.54. The third-order valence-corrected chi connectivity index (χ3v) is 5.60. The molecule has 2 N–H and O–H groups in total. The Morgan fingerprint density at radius 3 is 2.59 bits per heavy atom. The molecule has 0 spiro atoms. The van der Waals surface area contributed by atoms with Crippen LogP contribution in [0.4, 0.5) is 0 Å². The van der Waals surface area contributed by atoms with Crippen LogP contribution >= 0.6 is 0 Å². The standard InChI is InChI=1S/C13H18N4O3S2/c1-10-5-4-6-11(7-10)22(19,20)15-8-12-13(21(3,14)18)9-17(2)16-12/h4-7,9,14-15H,8H2,1-3H3. The van der Waals surface area contributed by atoms with E-state index in [2.05, 4.69) is 9.82 Å². The lowest BCUT2D eigenvalue weighted by Crippen LogP contribution is -2.24. The lowest BCUT2D eigenvalue weighted by Gasteiger charge is -2.07. The molecule has 2 aromatic rings.